The van der Waals surface area contributed by atoms with Gasteiger partial charge in [-0.25, -0.2) is 0 Å². The minimum Gasteiger partial charge on any atom is -0.369 e. The van der Waals surface area contributed by atoms with Gasteiger partial charge in [0.2, 0.25) is 0 Å². The fourth-order valence-electron chi connectivity index (χ4n) is 2.51. The lowest BCUT2D eigenvalue weighted by atomic mass is 10.2. The maximum Gasteiger partial charge on any atom is 0.0426 e. The third-order valence-electron chi connectivity index (χ3n) is 3.63. The largest absolute Gasteiger partial charge is 0.369 e. The molecule has 0 radical (unpaired) electrons. The SMILES string of the molecule is CN(C)CCCN1CCN(c2cccc(Cl)c2)CC1. The smallest absolute Gasteiger partial charge is 0.0426 e. The van der Waals surface area contributed by atoms with E-state index in [0.717, 1.165) is 31.2 Å². The Morgan fingerprint density at radius 1 is 1.16 bits per heavy atom. The van der Waals surface area contributed by atoms with Crippen LogP contribution in [0.4, 0.5) is 5.69 Å². The van der Waals surface area contributed by atoms with Gasteiger partial charge in [-0.1, -0.05) is 17.7 Å². The van der Waals surface area contributed by atoms with Crippen LogP contribution >= 0.6 is 11.6 Å². The fourth-order valence-corrected chi connectivity index (χ4v) is 2.70. The monoisotopic (exact) mass is 281 g/mol. The lowest BCUT2D eigenvalue weighted by molar-refractivity contribution is 0.242. The van der Waals surface area contributed by atoms with Crippen molar-refractivity contribution in [2.75, 3.05) is 58.3 Å². The minimum absolute atomic E-state index is 0.825. The van der Waals surface area contributed by atoms with Crippen molar-refractivity contribution in [1.82, 2.24) is 9.80 Å². The third-order valence-corrected chi connectivity index (χ3v) is 3.86. The molecule has 0 N–H and O–H groups in total. The lowest BCUT2D eigenvalue weighted by Crippen LogP contribution is -2.46. The Labute approximate surface area is 121 Å². The lowest BCUT2D eigenvalue weighted by Gasteiger charge is -2.36. The summed E-state index contributed by atoms with van der Waals surface area (Å²) in [5, 5.41) is 0.825. The predicted octanol–water partition coefficient (Wildman–Crippen LogP) is 2.41. The summed E-state index contributed by atoms with van der Waals surface area (Å²) in [4.78, 5) is 7.24. The van der Waals surface area contributed by atoms with E-state index in [9.17, 15) is 0 Å². The summed E-state index contributed by atoms with van der Waals surface area (Å²) in [7, 11) is 4.27. The average Bonchev–Trinajstić information content (AvgIpc) is 2.39. The quantitative estimate of drug-likeness (QED) is 0.821. The Morgan fingerprint density at radius 3 is 2.53 bits per heavy atom. The number of rotatable bonds is 5. The molecule has 1 aliphatic heterocycles. The van der Waals surface area contributed by atoms with Gasteiger partial charge >= 0.3 is 0 Å². The van der Waals surface area contributed by atoms with Crippen LogP contribution in [0.5, 0.6) is 0 Å². The number of halogens is 1. The summed E-state index contributed by atoms with van der Waals surface area (Å²) in [6, 6.07) is 8.17. The van der Waals surface area contributed by atoms with Crippen LogP contribution < -0.4 is 4.90 Å². The summed E-state index contributed by atoms with van der Waals surface area (Å²) in [5.74, 6) is 0. The van der Waals surface area contributed by atoms with Crippen molar-refractivity contribution in [3.05, 3.63) is 29.3 Å². The number of nitrogens with zero attached hydrogens (tertiary/aromatic N) is 3. The van der Waals surface area contributed by atoms with Crippen LogP contribution in [0.3, 0.4) is 0 Å². The molecule has 3 nitrogen and oxygen atoms in total. The van der Waals surface area contributed by atoms with Gasteiger partial charge in [0, 0.05) is 36.9 Å². The van der Waals surface area contributed by atoms with Crippen molar-refractivity contribution in [3.8, 4) is 0 Å². The van der Waals surface area contributed by atoms with E-state index in [1.165, 1.54) is 25.2 Å². The molecule has 1 aromatic rings. The Kier molecular flexibility index (Phi) is 5.49. The van der Waals surface area contributed by atoms with E-state index in [-0.39, 0.29) is 0 Å². The molecule has 1 heterocycles. The van der Waals surface area contributed by atoms with Crippen LogP contribution in [0.25, 0.3) is 0 Å². The van der Waals surface area contributed by atoms with Crippen molar-refractivity contribution in [2.24, 2.45) is 0 Å². The topological polar surface area (TPSA) is 9.72 Å². The second-order valence-electron chi connectivity index (χ2n) is 5.47. The summed E-state index contributed by atoms with van der Waals surface area (Å²) >= 11 is 6.05. The second kappa shape index (κ2) is 7.13. The van der Waals surface area contributed by atoms with Crippen LogP contribution in [0, 0.1) is 0 Å². The molecular formula is C15H24ClN3. The molecule has 0 unspecified atom stereocenters. The van der Waals surface area contributed by atoms with E-state index in [0.29, 0.717) is 0 Å². The van der Waals surface area contributed by atoms with Crippen LogP contribution in [0.2, 0.25) is 5.02 Å². The van der Waals surface area contributed by atoms with E-state index < -0.39 is 0 Å². The van der Waals surface area contributed by atoms with Crippen molar-refractivity contribution < 1.29 is 0 Å². The van der Waals surface area contributed by atoms with Gasteiger partial charge in [-0.2, -0.15) is 0 Å². The Balaban J connectivity index is 1.76. The summed E-state index contributed by atoms with van der Waals surface area (Å²) in [6.07, 6.45) is 1.25. The van der Waals surface area contributed by atoms with Gasteiger partial charge < -0.3 is 9.80 Å². The molecule has 1 fully saturated rings. The molecule has 19 heavy (non-hydrogen) atoms. The van der Waals surface area contributed by atoms with E-state index in [4.69, 9.17) is 11.6 Å². The highest BCUT2D eigenvalue weighted by Gasteiger charge is 2.16. The fraction of sp³-hybridized carbons (Fsp3) is 0.600. The van der Waals surface area contributed by atoms with Crippen molar-refractivity contribution >= 4 is 17.3 Å². The molecule has 0 saturated carbocycles. The molecule has 0 amide bonds. The molecule has 0 bridgehead atoms. The maximum absolute atomic E-state index is 6.05. The van der Waals surface area contributed by atoms with Gasteiger partial charge in [0.15, 0.2) is 0 Å². The second-order valence-corrected chi connectivity index (χ2v) is 5.90. The highest BCUT2D eigenvalue weighted by atomic mass is 35.5. The molecule has 106 valence electrons. The molecular weight excluding hydrogens is 258 g/mol. The zero-order chi connectivity index (χ0) is 13.7. The summed E-state index contributed by atoms with van der Waals surface area (Å²) < 4.78 is 0. The minimum atomic E-state index is 0.825. The van der Waals surface area contributed by atoms with Crippen LogP contribution in [-0.4, -0.2) is 63.2 Å². The zero-order valence-electron chi connectivity index (χ0n) is 12.0. The Bertz CT molecular complexity index is 387. The first-order chi connectivity index (χ1) is 9.15. The van der Waals surface area contributed by atoms with Gasteiger partial charge in [-0.3, -0.25) is 4.90 Å². The molecule has 4 heteroatoms. The van der Waals surface area contributed by atoms with E-state index in [1.807, 2.05) is 12.1 Å². The van der Waals surface area contributed by atoms with Crippen molar-refractivity contribution in [1.29, 1.82) is 0 Å². The third kappa shape index (κ3) is 4.68. The first-order valence-corrected chi connectivity index (χ1v) is 7.40. The molecule has 0 spiro atoms. The van der Waals surface area contributed by atoms with Crippen molar-refractivity contribution in [2.45, 2.75) is 6.42 Å². The predicted molar refractivity (Wildman–Crippen MR) is 83.3 cm³/mol. The molecule has 2 rings (SSSR count). The molecule has 0 aliphatic carbocycles. The van der Waals surface area contributed by atoms with Crippen LogP contribution in [-0.2, 0) is 0 Å². The molecule has 0 aromatic heterocycles. The van der Waals surface area contributed by atoms with Crippen molar-refractivity contribution in [3.63, 3.8) is 0 Å². The van der Waals surface area contributed by atoms with Crippen LogP contribution in [0.1, 0.15) is 6.42 Å². The summed E-state index contributed by atoms with van der Waals surface area (Å²) in [5.41, 5.74) is 1.25. The van der Waals surface area contributed by atoms with E-state index >= 15 is 0 Å². The zero-order valence-corrected chi connectivity index (χ0v) is 12.7. The number of hydrogen-bond acceptors (Lipinski definition) is 3. The number of benzene rings is 1. The standard InChI is InChI=1S/C15H24ClN3/c1-17(2)7-4-8-18-9-11-19(12-10-18)15-6-3-5-14(16)13-15/h3,5-6,13H,4,7-12H2,1-2H3. The van der Waals surface area contributed by atoms with Gasteiger partial charge in [-0.15, -0.1) is 0 Å². The molecule has 1 aliphatic rings. The first kappa shape index (κ1) is 14.6. The highest BCUT2D eigenvalue weighted by molar-refractivity contribution is 6.30. The number of hydrogen-bond donors (Lipinski definition) is 0. The molecule has 1 aromatic carbocycles. The number of piperazine rings is 1. The normalized spacial score (nSPS) is 17.2. The van der Waals surface area contributed by atoms with Gasteiger partial charge in [0.25, 0.3) is 0 Å². The van der Waals surface area contributed by atoms with E-state index in [2.05, 4.69) is 40.9 Å². The van der Waals surface area contributed by atoms with E-state index in [1.54, 1.807) is 0 Å². The van der Waals surface area contributed by atoms with Crippen LogP contribution in [0.15, 0.2) is 24.3 Å². The number of anilines is 1. The molecule has 0 atom stereocenters. The molecule has 1 saturated heterocycles. The summed E-state index contributed by atoms with van der Waals surface area (Å²) in [6.45, 7) is 6.89. The van der Waals surface area contributed by atoms with Gasteiger partial charge in [0.1, 0.15) is 0 Å². The van der Waals surface area contributed by atoms with Gasteiger partial charge in [-0.05, 0) is 51.8 Å². The maximum atomic E-state index is 6.05. The first-order valence-electron chi connectivity index (χ1n) is 7.03. The highest BCUT2D eigenvalue weighted by Crippen LogP contribution is 2.20. The average molecular weight is 282 g/mol. The van der Waals surface area contributed by atoms with Gasteiger partial charge in [0.05, 0.1) is 0 Å². The Morgan fingerprint density at radius 2 is 1.89 bits per heavy atom. The Hall–Kier alpha value is -0.770.